The Labute approximate surface area is 146 Å². The van der Waals surface area contributed by atoms with E-state index in [2.05, 4.69) is 4.98 Å². The van der Waals surface area contributed by atoms with E-state index in [0.29, 0.717) is 18.5 Å². The Hall–Kier alpha value is -2.72. The number of anilines is 1. The van der Waals surface area contributed by atoms with Crippen LogP contribution in [0.15, 0.2) is 54.6 Å². The molecule has 1 aliphatic heterocycles. The number of rotatable bonds is 1. The van der Waals surface area contributed by atoms with Gasteiger partial charge in [0.25, 0.3) is 5.91 Å². The summed E-state index contributed by atoms with van der Waals surface area (Å²) >= 11 is 0. The first-order chi connectivity index (χ1) is 12.1. The molecule has 0 aliphatic carbocycles. The quantitative estimate of drug-likeness (QED) is 0.732. The second kappa shape index (κ2) is 6.30. The van der Waals surface area contributed by atoms with Gasteiger partial charge in [-0.05, 0) is 38.0 Å². The number of aliphatic hydroxyl groups excluding tert-OH is 1. The van der Waals surface area contributed by atoms with Crippen LogP contribution >= 0.6 is 0 Å². The third-order valence-corrected chi connectivity index (χ3v) is 4.78. The molecule has 4 nitrogen and oxygen atoms in total. The predicted octanol–water partition coefficient (Wildman–Crippen LogP) is 4.02. The predicted molar refractivity (Wildman–Crippen MR) is 98.8 cm³/mol. The summed E-state index contributed by atoms with van der Waals surface area (Å²) in [7, 11) is 0. The first-order valence-electron chi connectivity index (χ1n) is 8.60. The van der Waals surface area contributed by atoms with E-state index in [1.807, 2.05) is 61.5 Å². The molecule has 1 aliphatic rings. The highest BCUT2D eigenvalue weighted by atomic mass is 16.3. The first-order valence-corrected chi connectivity index (χ1v) is 8.60. The fourth-order valence-corrected chi connectivity index (χ4v) is 3.51. The average Bonchev–Trinajstić information content (AvgIpc) is 2.80. The van der Waals surface area contributed by atoms with Crippen LogP contribution < -0.4 is 4.90 Å². The number of aliphatic hydroxyl groups is 1. The Bertz CT molecular complexity index is 952. The van der Waals surface area contributed by atoms with Crippen LogP contribution in [0.1, 0.15) is 40.6 Å². The van der Waals surface area contributed by atoms with Crippen molar-refractivity contribution in [2.45, 2.75) is 25.9 Å². The molecule has 2 heterocycles. The fraction of sp³-hybridized carbons (Fsp3) is 0.238. The van der Waals surface area contributed by atoms with Gasteiger partial charge in [0.1, 0.15) is 0 Å². The van der Waals surface area contributed by atoms with Crippen molar-refractivity contribution in [3.05, 3.63) is 71.4 Å². The van der Waals surface area contributed by atoms with Gasteiger partial charge in [0.2, 0.25) is 0 Å². The van der Waals surface area contributed by atoms with Gasteiger partial charge in [0.15, 0.2) is 0 Å². The molecule has 0 unspecified atom stereocenters. The molecule has 2 aromatic carbocycles. The molecule has 0 fully saturated rings. The van der Waals surface area contributed by atoms with Crippen molar-refractivity contribution in [2.75, 3.05) is 11.4 Å². The van der Waals surface area contributed by atoms with Crippen molar-refractivity contribution < 1.29 is 9.90 Å². The smallest absolute Gasteiger partial charge is 0.260 e. The van der Waals surface area contributed by atoms with Crippen LogP contribution in [0.2, 0.25) is 0 Å². The Morgan fingerprint density at radius 2 is 1.96 bits per heavy atom. The zero-order valence-corrected chi connectivity index (χ0v) is 14.1. The van der Waals surface area contributed by atoms with Crippen LogP contribution in [0.4, 0.5) is 5.69 Å². The topological polar surface area (TPSA) is 53.4 Å². The van der Waals surface area contributed by atoms with Gasteiger partial charge in [-0.3, -0.25) is 9.78 Å². The number of para-hydroxylation sites is 2. The number of hydrogen-bond acceptors (Lipinski definition) is 3. The number of hydrogen-bond donors (Lipinski definition) is 1. The maximum atomic E-state index is 13.4. The lowest BCUT2D eigenvalue weighted by Crippen LogP contribution is -2.32. The van der Waals surface area contributed by atoms with E-state index in [4.69, 9.17) is 0 Å². The summed E-state index contributed by atoms with van der Waals surface area (Å²) in [4.78, 5) is 19.7. The molecule has 3 aromatic rings. The molecule has 0 bridgehead atoms. The third-order valence-electron chi connectivity index (χ3n) is 4.78. The highest BCUT2D eigenvalue weighted by Crippen LogP contribution is 2.34. The number of carbonyl (C=O) groups is 1. The second-order valence-electron chi connectivity index (χ2n) is 6.50. The summed E-state index contributed by atoms with van der Waals surface area (Å²) in [5.41, 5.74) is 3.83. The first kappa shape index (κ1) is 15.8. The Kier molecular flexibility index (Phi) is 3.98. The minimum Gasteiger partial charge on any atom is -0.388 e. The standard InChI is InChI=1S/C21H20N2O2/c1-14-11-12-15-6-4-8-17(20(15)22-14)21(25)23-13-5-10-19(24)16-7-2-3-9-18(16)23/h2-4,6-9,11-12,19,24H,5,10,13H2,1H3/t19-/m0/s1. The Balaban J connectivity index is 1.84. The summed E-state index contributed by atoms with van der Waals surface area (Å²) < 4.78 is 0. The van der Waals surface area contributed by atoms with Crippen molar-refractivity contribution >= 4 is 22.5 Å². The number of aryl methyl sites for hydroxylation is 1. The van der Waals surface area contributed by atoms with E-state index in [1.165, 1.54) is 0 Å². The lowest BCUT2D eigenvalue weighted by molar-refractivity contribution is 0.0988. The summed E-state index contributed by atoms with van der Waals surface area (Å²) in [6, 6.07) is 17.3. The van der Waals surface area contributed by atoms with E-state index < -0.39 is 6.10 Å². The summed E-state index contributed by atoms with van der Waals surface area (Å²) in [5.74, 6) is -0.0646. The van der Waals surface area contributed by atoms with E-state index in [1.54, 1.807) is 4.90 Å². The molecule has 0 saturated carbocycles. The van der Waals surface area contributed by atoms with Gasteiger partial charge in [-0.25, -0.2) is 0 Å². The van der Waals surface area contributed by atoms with Gasteiger partial charge in [0, 0.05) is 28.9 Å². The highest BCUT2D eigenvalue weighted by molar-refractivity contribution is 6.13. The molecule has 126 valence electrons. The number of benzene rings is 2. The van der Waals surface area contributed by atoms with Gasteiger partial charge < -0.3 is 10.0 Å². The Morgan fingerprint density at radius 3 is 2.84 bits per heavy atom. The molecular formula is C21H20N2O2. The largest absolute Gasteiger partial charge is 0.388 e. The summed E-state index contributed by atoms with van der Waals surface area (Å²) in [6.45, 7) is 2.52. The van der Waals surface area contributed by atoms with Crippen LogP contribution in [0, 0.1) is 6.92 Å². The molecular weight excluding hydrogens is 312 g/mol. The average molecular weight is 332 g/mol. The summed E-state index contributed by atoms with van der Waals surface area (Å²) in [5, 5.41) is 11.3. The van der Waals surface area contributed by atoms with E-state index in [9.17, 15) is 9.90 Å². The molecule has 0 spiro atoms. The third kappa shape index (κ3) is 2.79. The minimum absolute atomic E-state index is 0.0646. The minimum atomic E-state index is -0.526. The number of nitrogens with zero attached hydrogens (tertiary/aromatic N) is 2. The molecule has 4 rings (SSSR count). The van der Waals surface area contributed by atoms with Crippen LogP contribution in [-0.2, 0) is 0 Å². The van der Waals surface area contributed by atoms with Crippen LogP contribution in [0.5, 0.6) is 0 Å². The van der Waals surface area contributed by atoms with Crippen molar-refractivity contribution in [3.63, 3.8) is 0 Å². The maximum absolute atomic E-state index is 13.4. The maximum Gasteiger partial charge on any atom is 0.260 e. The van der Waals surface area contributed by atoms with Crippen molar-refractivity contribution in [1.29, 1.82) is 0 Å². The van der Waals surface area contributed by atoms with Crippen molar-refractivity contribution in [1.82, 2.24) is 4.98 Å². The van der Waals surface area contributed by atoms with Gasteiger partial charge in [-0.15, -0.1) is 0 Å². The van der Waals surface area contributed by atoms with Gasteiger partial charge in [-0.1, -0.05) is 36.4 Å². The second-order valence-corrected chi connectivity index (χ2v) is 6.50. The lowest BCUT2D eigenvalue weighted by atomic mass is 10.0. The molecule has 0 radical (unpaired) electrons. The highest BCUT2D eigenvalue weighted by Gasteiger charge is 2.27. The number of carbonyl (C=O) groups excluding carboxylic acids is 1. The lowest BCUT2D eigenvalue weighted by Gasteiger charge is -2.23. The molecule has 1 aromatic heterocycles. The fourth-order valence-electron chi connectivity index (χ4n) is 3.51. The molecule has 1 N–H and O–H groups in total. The van der Waals surface area contributed by atoms with Gasteiger partial charge >= 0.3 is 0 Å². The monoisotopic (exact) mass is 332 g/mol. The SMILES string of the molecule is Cc1ccc2cccc(C(=O)N3CCC[C@H](O)c4ccccc43)c2n1. The number of pyridine rings is 1. The van der Waals surface area contributed by atoms with E-state index >= 15 is 0 Å². The van der Waals surface area contributed by atoms with E-state index in [0.717, 1.165) is 34.3 Å². The number of aromatic nitrogens is 1. The molecule has 0 saturated heterocycles. The van der Waals surface area contributed by atoms with Crippen molar-refractivity contribution in [3.8, 4) is 0 Å². The van der Waals surface area contributed by atoms with Crippen LogP contribution in [-0.4, -0.2) is 22.5 Å². The zero-order valence-electron chi connectivity index (χ0n) is 14.1. The van der Waals surface area contributed by atoms with E-state index in [-0.39, 0.29) is 5.91 Å². The molecule has 1 amide bonds. The normalized spacial score (nSPS) is 17.2. The van der Waals surface area contributed by atoms with Gasteiger partial charge in [-0.2, -0.15) is 0 Å². The van der Waals surface area contributed by atoms with Crippen molar-refractivity contribution in [2.24, 2.45) is 0 Å². The zero-order chi connectivity index (χ0) is 17.4. The number of fused-ring (bicyclic) bond motifs is 2. The number of amides is 1. The Morgan fingerprint density at radius 1 is 1.12 bits per heavy atom. The summed E-state index contributed by atoms with van der Waals surface area (Å²) in [6.07, 6.45) is 0.897. The van der Waals surface area contributed by atoms with Gasteiger partial charge in [0.05, 0.1) is 17.2 Å². The molecule has 25 heavy (non-hydrogen) atoms. The molecule has 4 heteroatoms. The van der Waals surface area contributed by atoms with Crippen LogP contribution in [0.25, 0.3) is 10.9 Å². The molecule has 1 atom stereocenters. The van der Waals surface area contributed by atoms with Crippen LogP contribution in [0.3, 0.4) is 0 Å².